The van der Waals surface area contributed by atoms with Gasteiger partial charge >= 0.3 is 0 Å². The fourth-order valence-corrected chi connectivity index (χ4v) is 2.55. The molecule has 0 saturated heterocycles. The summed E-state index contributed by atoms with van der Waals surface area (Å²) < 4.78 is 5.35. The highest BCUT2D eigenvalue weighted by molar-refractivity contribution is 5.90. The molecule has 2 aromatic heterocycles. The molecule has 0 bridgehead atoms. The summed E-state index contributed by atoms with van der Waals surface area (Å²) in [4.78, 5) is 9.07. The van der Waals surface area contributed by atoms with Crippen molar-refractivity contribution < 1.29 is 9.52 Å². The topological polar surface area (TPSA) is 83.2 Å². The maximum absolute atomic E-state index is 9.94. The third kappa shape index (κ3) is 3.70. The van der Waals surface area contributed by atoms with E-state index in [2.05, 4.69) is 20.6 Å². The van der Waals surface area contributed by atoms with E-state index >= 15 is 0 Å². The molecule has 4 rings (SSSR count). The number of rotatable bonds is 5. The lowest BCUT2D eigenvalue weighted by Crippen LogP contribution is -2.05. The van der Waals surface area contributed by atoms with Crippen molar-refractivity contribution in [2.45, 2.75) is 6.54 Å². The van der Waals surface area contributed by atoms with E-state index in [1.807, 2.05) is 42.5 Å². The van der Waals surface area contributed by atoms with E-state index in [1.54, 1.807) is 24.5 Å². The number of phenolic OH excluding ortho intramolecular Hbond substituents is 1. The van der Waals surface area contributed by atoms with Crippen LogP contribution in [0.15, 0.2) is 71.3 Å². The Balaban J connectivity index is 0.00000196. The van der Waals surface area contributed by atoms with Crippen LogP contribution in [0, 0.1) is 0 Å². The number of nitrogens with zero attached hydrogens (tertiary/aromatic N) is 2. The fraction of sp³-hybridized carbons (Fsp3) is 0.0526. The Hall–Kier alpha value is -3.25. The van der Waals surface area contributed by atoms with Crippen LogP contribution in [-0.2, 0) is 6.54 Å². The Morgan fingerprint density at radius 2 is 1.73 bits per heavy atom. The normalized spacial score (nSPS) is 10.3. The van der Waals surface area contributed by atoms with Crippen LogP contribution in [0.5, 0.6) is 5.75 Å². The number of furan rings is 1. The minimum absolute atomic E-state index is 0. The Labute approximate surface area is 156 Å². The van der Waals surface area contributed by atoms with Crippen molar-refractivity contribution in [3.63, 3.8) is 0 Å². The molecule has 132 valence electrons. The molecule has 26 heavy (non-hydrogen) atoms. The Kier molecular flexibility index (Phi) is 5.24. The maximum atomic E-state index is 9.94. The summed E-state index contributed by atoms with van der Waals surface area (Å²) in [6, 6.07) is 18.5. The number of nitrogens with one attached hydrogen (secondary N) is 2. The van der Waals surface area contributed by atoms with Crippen molar-refractivity contribution in [1.82, 2.24) is 9.97 Å². The Morgan fingerprint density at radius 3 is 2.54 bits per heavy atom. The molecule has 2 heterocycles. The molecule has 0 fully saturated rings. The van der Waals surface area contributed by atoms with E-state index in [-0.39, 0.29) is 18.2 Å². The van der Waals surface area contributed by atoms with Gasteiger partial charge in [-0.05, 0) is 36.4 Å². The standard InChI is InChI=1S/C19H16N4O2.ClH/c24-17-10-4-3-9-16(17)22-19-21-15-8-2-1-7-14(15)18(23-19)20-12-13-6-5-11-25-13;/h1-11,24H,12H2,(H2,20,21,22,23);1H. The van der Waals surface area contributed by atoms with Gasteiger partial charge in [-0.1, -0.05) is 24.3 Å². The molecule has 0 aliphatic heterocycles. The number of fused-ring (bicyclic) bond motifs is 1. The average Bonchev–Trinajstić information content (AvgIpc) is 3.15. The van der Waals surface area contributed by atoms with E-state index < -0.39 is 0 Å². The summed E-state index contributed by atoms with van der Waals surface area (Å²) in [7, 11) is 0. The molecule has 3 N–H and O–H groups in total. The van der Waals surface area contributed by atoms with Crippen LogP contribution < -0.4 is 10.6 Å². The fourth-order valence-electron chi connectivity index (χ4n) is 2.55. The molecule has 0 saturated carbocycles. The molecule has 4 aromatic rings. The minimum Gasteiger partial charge on any atom is -0.506 e. The van der Waals surface area contributed by atoms with Gasteiger partial charge in [-0.15, -0.1) is 12.4 Å². The number of hydrogen-bond donors (Lipinski definition) is 3. The first-order valence-corrected chi connectivity index (χ1v) is 7.88. The van der Waals surface area contributed by atoms with Gasteiger partial charge in [0.2, 0.25) is 5.95 Å². The van der Waals surface area contributed by atoms with Crippen LogP contribution in [0.3, 0.4) is 0 Å². The predicted octanol–water partition coefficient (Wildman–Crippen LogP) is 4.71. The van der Waals surface area contributed by atoms with Crippen LogP contribution >= 0.6 is 12.4 Å². The second kappa shape index (κ2) is 7.76. The van der Waals surface area contributed by atoms with Crippen molar-refractivity contribution in [1.29, 1.82) is 0 Å². The van der Waals surface area contributed by atoms with Gasteiger partial charge in [0.15, 0.2) is 0 Å². The van der Waals surface area contributed by atoms with E-state index in [0.717, 1.165) is 16.7 Å². The summed E-state index contributed by atoms with van der Waals surface area (Å²) >= 11 is 0. The van der Waals surface area contributed by atoms with Crippen molar-refractivity contribution >= 4 is 40.8 Å². The van der Waals surface area contributed by atoms with Crippen LogP contribution in [0.2, 0.25) is 0 Å². The molecular formula is C19H17ClN4O2. The number of aromatic nitrogens is 2. The molecule has 6 nitrogen and oxygen atoms in total. The molecule has 0 aliphatic rings. The lowest BCUT2D eigenvalue weighted by Gasteiger charge is -2.12. The second-order valence-corrected chi connectivity index (χ2v) is 5.49. The number of para-hydroxylation sites is 3. The first kappa shape index (κ1) is 17.6. The SMILES string of the molecule is Cl.Oc1ccccc1Nc1nc(NCc2ccco2)c2ccccc2n1. The number of aromatic hydroxyl groups is 1. The van der Waals surface area contributed by atoms with Gasteiger partial charge in [0, 0.05) is 5.39 Å². The highest BCUT2D eigenvalue weighted by Crippen LogP contribution is 2.27. The van der Waals surface area contributed by atoms with Gasteiger partial charge in [0.05, 0.1) is 24.0 Å². The Morgan fingerprint density at radius 1 is 0.923 bits per heavy atom. The van der Waals surface area contributed by atoms with Gasteiger partial charge in [0.1, 0.15) is 17.3 Å². The smallest absolute Gasteiger partial charge is 0.229 e. The summed E-state index contributed by atoms with van der Waals surface area (Å²) in [6.07, 6.45) is 1.64. The zero-order chi connectivity index (χ0) is 17.1. The first-order chi connectivity index (χ1) is 12.3. The summed E-state index contributed by atoms with van der Waals surface area (Å²) in [5.74, 6) is 2.06. The third-order valence-electron chi connectivity index (χ3n) is 3.76. The number of hydrogen-bond acceptors (Lipinski definition) is 6. The molecule has 0 amide bonds. The Bertz CT molecular complexity index is 1010. The number of halogens is 1. The summed E-state index contributed by atoms with van der Waals surface area (Å²) in [5, 5.41) is 17.2. The molecule has 2 aromatic carbocycles. The molecular weight excluding hydrogens is 352 g/mol. The minimum atomic E-state index is 0. The highest BCUT2D eigenvalue weighted by Gasteiger charge is 2.09. The van der Waals surface area contributed by atoms with Gasteiger partial charge < -0.3 is 20.2 Å². The molecule has 7 heteroatoms. The molecule has 0 atom stereocenters. The van der Waals surface area contributed by atoms with Crippen molar-refractivity contribution in [3.8, 4) is 5.75 Å². The number of anilines is 3. The highest BCUT2D eigenvalue weighted by atomic mass is 35.5. The third-order valence-corrected chi connectivity index (χ3v) is 3.76. The largest absolute Gasteiger partial charge is 0.506 e. The van der Waals surface area contributed by atoms with Crippen LogP contribution in [-0.4, -0.2) is 15.1 Å². The molecule has 0 unspecified atom stereocenters. The quantitative estimate of drug-likeness (QED) is 0.443. The molecule has 0 spiro atoms. The van der Waals surface area contributed by atoms with Gasteiger partial charge in [-0.25, -0.2) is 4.98 Å². The zero-order valence-corrected chi connectivity index (χ0v) is 14.5. The van der Waals surface area contributed by atoms with Gasteiger partial charge in [-0.2, -0.15) is 4.98 Å². The lowest BCUT2D eigenvalue weighted by atomic mass is 10.2. The van der Waals surface area contributed by atoms with E-state index in [4.69, 9.17) is 4.42 Å². The van der Waals surface area contributed by atoms with E-state index in [0.29, 0.717) is 24.0 Å². The lowest BCUT2D eigenvalue weighted by molar-refractivity contribution is 0.477. The average molecular weight is 369 g/mol. The number of benzene rings is 2. The maximum Gasteiger partial charge on any atom is 0.229 e. The summed E-state index contributed by atoms with van der Waals surface area (Å²) in [5.41, 5.74) is 1.35. The second-order valence-electron chi connectivity index (χ2n) is 5.49. The van der Waals surface area contributed by atoms with Crippen molar-refractivity contribution in [2.24, 2.45) is 0 Å². The first-order valence-electron chi connectivity index (χ1n) is 7.88. The molecule has 0 radical (unpaired) electrons. The van der Waals surface area contributed by atoms with Crippen molar-refractivity contribution in [3.05, 3.63) is 72.7 Å². The zero-order valence-electron chi connectivity index (χ0n) is 13.7. The van der Waals surface area contributed by atoms with E-state index in [1.165, 1.54) is 0 Å². The predicted molar refractivity (Wildman–Crippen MR) is 104 cm³/mol. The van der Waals surface area contributed by atoms with Crippen LogP contribution in [0.25, 0.3) is 10.9 Å². The van der Waals surface area contributed by atoms with Crippen LogP contribution in [0.1, 0.15) is 5.76 Å². The van der Waals surface area contributed by atoms with E-state index in [9.17, 15) is 5.11 Å². The van der Waals surface area contributed by atoms with Crippen LogP contribution in [0.4, 0.5) is 17.5 Å². The van der Waals surface area contributed by atoms with Gasteiger partial charge in [-0.3, -0.25) is 0 Å². The molecule has 0 aliphatic carbocycles. The summed E-state index contributed by atoms with van der Waals surface area (Å²) in [6.45, 7) is 0.518. The monoisotopic (exact) mass is 368 g/mol. The number of phenols is 1. The van der Waals surface area contributed by atoms with Crippen molar-refractivity contribution in [2.75, 3.05) is 10.6 Å². The van der Waals surface area contributed by atoms with Gasteiger partial charge in [0.25, 0.3) is 0 Å².